The van der Waals surface area contributed by atoms with E-state index in [1.54, 1.807) is 15.8 Å². The average Bonchev–Trinajstić information content (AvgIpc) is 2.92. The molecule has 1 N–H and O–H groups in total. The maximum atomic E-state index is 13.2. The zero-order valence-electron chi connectivity index (χ0n) is 16.7. The van der Waals surface area contributed by atoms with Crippen LogP contribution in [0.4, 0.5) is 0 Å². The molecule has 8 heteroatoms. The first-order valence-electron chi connectivity index (χ1n) is 9.74. The van der Waals surface area contributed by atoms with Crippen LogP contribution in [0.2, 0.25) is 0 Å². The molecule has 1 aliphatic heterocycles. The second-order valence-electron chi connectivity index (χ2n) is 7.31. The normalized spacial score (nSPS) is 16.9. The SMILES string of the molecule is CC(=O)N(CC(=O)O)C1CCCN(C(=O)c2cnn(C)c2-c2ccccc2)CC1. The molecule has 1 unspecified atom stereocenters. The molecule has 1 fully saturated rings. The molecule has 1 aromatic heterocycles. The van der Waals surface area contributed by atoms with Crippen molar-refractivity contribution in [2.45, 2.75) is 32.2 Å². The monoisotopic (exact) mass is 398 g/mol. The van der Waals surface area contributed by atoms with Gasteiger partial charge in [0.1, 0.15) is 6.54 Å². The number of likely N-dealkylation sites (tertiary alicyclic amines) is 1. The third kappa shape index (κ3) is 4.64. The molecule has 1 saturated heterocycles. The molecule has 29 heavy (non-hydrogen) atoms. The highest BCUT2D eigenvalue weighted by Crippen LogP contribution is 2.25. The summed E-state index contributed by atoms with van der Waals surface area (Å²) < 4.78 is 1.70. The van der Waals surface area contributed by atoms with Crippen LogP contribution in [0.3, 0.4) is 0 Å². The van der Waals surface area contributed by atoms with Crippen LogP contribution in [0.1, 0.15) is 36.5 Å². The average molecular weight is 398 g/mol. The lowest BCUT2D eigenvalue weighted by molar-refractivity contribution is -0.145. The van der Waals surface area contributed by atoms with E-state index in [1.807, 2.05) is 37.4 Å². The van der Waals surface area contributed by atoms with Gasteiger partial charge in [0.2, 0.25) is 5.91 Å². The molecular weight excluding hydrogens is 372 g/mol. The largest absolute Gasteiger partial charge is 0.480 e. The van der Waals surface area contributed by atoms with E-state index < -0.39 is 5.97 Å². The molecule has 0 spiro atoms. The Labute approximate surface area is 169 Å². The Balaban J connectivity index is 1.77. The van der Waals surface area contributed by atoms with E-state index in [4.69, 9.17) is 5.11 Å². The molecule has 154 valence electrons. The summed E-state index contributed by atoms with van der Waals surface area (Å²) >= 11 is 0. The molecule has 2 aromatic rings. The lowest BCUT2D eigenvalue weighted by Crippen LogP contribution is -2.43. The van der Waals surface area contributed by atoms with Gasteiger partial charge in [0.05, 0.1) is 17.5 Å². The van der Waals surface area contributed by atoms with E-state index in [1.165, 1.54) is 11.8 Å². The molecule has 3 rings (SSSR count). The summed E-state index contributed by atoms with van der Waals surface area (Å²) in [5.41, 5.74) is 2.24. The van der Waals surface area contributed by atoms with Crippen molar-refractivity contribution >= 4 is 17.8 Å². The van der Waals surface area contributed by atoms with Crippen LogP contribution in [-0.4, -0.2) is 68.1 Å². The number of benzene rings is 1. The highest BCUT2D eigenvalue weighted by molar-refractivity contribution is 6.00. The zero-order chi connectivity index (χ0) is 21.0. The molecule has 2 amide bonds. The van der Waals surface area contributed by atoms with Crippen LogP contribution in [0.5, 0.6) is 0 Å². The second-order valence-corrected chi connectivity index (χ2v) is 7.31. The van der Waals surface area contributed by atoms with Crippen molar-refractivity contribution in [3.8, 4) is 11.3 Å². The number of carboxylic acid groups (broad SMARTS) is 1. The third-order valence-corrected chi connectivity index (χ3v) is 5.35. The van der Waals surface area contributed by atoms with Gasteiger partial charge in [-0.05, 0) is 19.3 Å². The number of aromatic nitrogens is 2. The molecule has 8 nitrogen and oxygen atoms in total. The third-order valence-electron chi connectivity index (χ3n) is 5.35. The number of hydrogen-bond acceptors (Lipinski definition) is 4. The number of carbonyl (C=O) groups excluding carboxylic acids is 2. The molecule has 1 aliphatic rings. The maximum absolute atomic E-state index is 13.2. The fourth-order valence-electron chi connectivity index (χ4n) is 3.94. The van der Waals surface area contributed by atoms with Crippen LogP contribution < -0.4 is 0 Å². The minimum absolute atomic E-state index is 0.0924. The Kier molecular flexibility index (Phi) is 6.31. The number of aliphatic carboxylic acids is 1. The number of hydrogen-bond donors (Lipinski definition) is 1. The van der Waals surface area contributed by atoms with E-state index in [2.05, 4.69) is 5.10 Å². The highest BCUT2D eigenvalue weighted by Gasteiger charge is 2.29. The number of carboxylic acids is 1. The minimum Gasteiger partial charge on any atom is -0.480 e. The maximum Gasteiger partial charge on any atom is 0.323 e. The van der Waals surface area contributed by atoms with E-state index in [0.29, 0.717) is 37.9 Å². The summed E-state index contributed by atoms with van der Waals surface area (Å²) in [4.78, 5) is 39.4. The predicted molar refractivity (Wildman–Crippen MR) is 107 cm³/mol. The molecule has 0 aliphatic carbocycles. The molecule has 1 atom stereocenters. The van der Waals surface area contributed by atoms with Gasteiger partial charge in [-0.15, -0.1) is 0 Å². The predicted octanol–water partition coefficient (Wildman–Crippen LogP) is 2.01. The summed E-state index contributed by atoms with van der Waals surface area (Å²) in [6.07, 6.45) is 3.54. The van der Waals surface area contributed by atoms with Crippen molar-refractivity contribution in [3.05, 3.63) is 42.1 Å². The summed E-state index contributed by atoms with van der Waals surface area (Å²) in [5.74, 6) is -1.37. The van der Waals surface area contributed by atoms with Gasteiger partial charge in [0.15, 0.2) is 0 Å². The first-order chi connectivity index (χ1) is 13.9. The molecule has 2 heterocycles. The topological polar surface area (TPSA) is 95.7 Å². The fraction of sp³-hybridized carbons (Fsp3) is 0.429. The number of amides is 2. The minimum atomic E-state index is -1.03. The molecule has 0 saturated carbocycles. The first kappa shape index (κ1) is 20.6. The van der Waals surface area contributed by atoms with Gasteiger partial charge in [-0.2, -0.15) is 5.10 Å². The Bertz CT molecular complexity index is 893. The van der Waals surface area contributed by atoms with Crippen LogP contribution in [0.25, 0.3) is 11.3 Å². The summed E-state index contributed by atoms with van der Waals surface area (Å²) in [7, 11) is 1.81. The van der Waals surface area contributed by atoms with Gasteiger partial charge in [0.25, 0.3) is 5.91 Å². The molecule has 0 radical (unpaired) electrons. The standard InChI is InChI=1S/C21H26N4O4/c1-15(26)25(14-19(27)28)17-9-6-11-24(12-10-17)21(29)18-13-22-23(2)20(18)16-7-4-3-5-8-16/h3-5,7-8,13,17H,6,9-12,14H2,1-2H3,(H,27,28). The summed E-state index contributed by atoms with van der Waals surface area (Å²) in [6, 6.07) is 9.49. The molecular formula is C21H26N4O4. The Morgan fingerprint density at radius 3 is 2.55 bits per heavy atom. The van der Waals surface area contributed by atoms with Gasteiger partial charge in [-0.3, -0.25) is 19.1 Å². The summed E-state index contributed by atoms with van der Waals surface area (Å²) in [6.45, 7) is 2.11. The Morgan fingerprint density at radius 1 is 1.17 bits per heavy atom. The van der Waals surface area contributed by atoms with Gasteiger partial charge >= 0.3 is 5.97 Å². The van der Waals surface area contributed by atoms with Crippen LogP contribution in [-0.2, 0) is 16.6 Å². The van der Waals surface area contributed by atoms with Crippen molar-refractivity contribution < 1.29 is 19.5 Å². The number of carbonyl (C=O) groups is 3. The van der Waals surface area contributed by atoms with Crippen molar-refractivity contribution in [1.82, 2.24) is 19.6 Å². The van der Waals surface area contributed by atoms with Gasteiger partial charge < -0.3 is 14.9 Å². The van der Waals surface area contributed by atoms with Crippen LogP contribution in [0, 0.1) is 0 Å². The van der Waals surface area contributed by atoms with Crippen LogP contribution in [0.15, 0.2) is 36.5 Å². The van der Waals surface area contributed by atoms with E-state index in [9.17, 15) is 14.4 Å². The zero-order valence-corrected chi connectivity index (χ0v) is 16.7. The first-order valence-corrected chi connectivity index (χ1v) is 9.74. The lowest BCUT2D eigenvalue weighted by atomic mass is 10.1. The smallest absolute Gasteiger partial charge is 0.323 e. The van der Waals surface area contributed by atoms with Gasteiger partial charge in [-0.25, -0.2) is 0 Å². The molecule has 1 aromatic carbocycles. The van der Waals surface area contributed by atoms with Crippen molar-refractivity contribution in [3.63, 3.8) is 0 Å². The number of nitrogens with zero attached hydrogens (tertiary/aromatic N) is 4. The fourth-order valence-corrected chi connectivity index (χ4v) is 3.94. The highest BCUT2D eigenvalue weighted by atomic mass is 16.4. The molecule has 0 bridgehead atoms. The lowest BCUT2D eigenvalue weighted by Gasteiger charge is -2.28. The van der Waals surface area contributed by atoms with Crippen LogP contribution >= 0.6 is 0 Å². The quantitative estimate of drug-likeness (QED) is 0.831. The van der Waals surface area contributed by atoms with E-state index in [-0.39, 0.29) is 24.4 Å². The summed E-state index contributed by atoms with van der Waals surface area (Å²) in [5, 5.41) is 13.4. The van der Waals surface area contributed by atoms with Crippen molar-refractivity contribution in [2.24, 2.45) is 7.05 Å². The Hall–Kier alpha value is -3.16. The second kappa shape index (κ2) is 8.89. The van der Waals surface area contributed by atoms with Crippen molar-refractivity contribution in [2.75, 3.05) is 19.6 Å². The van der Waals surface area contributed by atoms with E-state index in [0.717, 1.165) is 11.3 Å². The van der Waals surface area contributed by atoms with Gasteiger partial charge in [0, 0.05) is 38.7 Å². The number of aryl methyl sites for hydroxylation is 1. The Morgan fingerprint density at radius 2 is 1.90 bits per heavy atom. The van der Waals surface area contributed by atoms with Crippen molar-refractivity contribution in [1.29, 1.82) is 0 Å². The van der Waals surface area contributed by atoms with E-state index >= 15 is 0 Å². The van der Waals surface area contributed by atoms with Gasteiger partial charge in [-0.1, -0.05) is 30.3 Å². The number of rotatable bonds is 5.